The minimum absolute atomic E-state index is 0.167. The second-order valence-electron chi connectivity index (χ2n) is 6.09. The number of rotatable bonds is 6. The van der Waals surface area contributed by atoms with E-state index in [9.17, 15) is 9.59 Å². The largest absolute Gasteiger partial charge is 0.476 e. The van der Waals surface area contributed by atoms with Gasteiger partial charge in [0, 0.05) is 30.4 Å². The quantitative estimate of drug-likeness (QED) is 0.679. The van der Waals surface area contributed by atoms with Crippen LogP contribution in [-0.2, 0) is 6.42 Å². The molecular formula is C18H17N5O4. The molecule has 0 fully saturated rings. The predicted molar refractivity (Wildman–Crippen MR) is 94.6 cm³/mol. The van der Waals surface area contributed by atoms with Crippen LogP contribution in [-0.4, -0.2) is 37.1 Å². The average Bonchev–Trinajstić information content (AvgIpc) is 3.12. The summed E-state index contributed by atoms with van der Waals surface area (Å²) >= 11 is 0. The fraction of sp³-hybridized carbons (Fsp3) is 0.222. The van der Waals surface area contributed by atoms with E-state index < -0.39 is 17.6 Å². The van der Waals surface area contributed by atoms with Crippen LogP contribution in [0.2, 0.25) is 0 Å². The lowest BCUT2D eigenvalue weighted by Crippen LogP contribution is -2.19. The first-order valence-electron chi connectivity index (χ1n) is 8.21. The lowest BCUT2D eigenvalue weighted by Gasteiger charge is -2.07. The SMILES string of the molecule is CC(C)c1nc(Cc2ccc(NC(=O)c3nccnc3C(=O)O)cc2)no1. The molecule has 0 unspecified atom stereocenters. The highest BCUT2D eigenvalue weighted by Crippen LogP contribution is 2.16. The number of carbonyl (C=O) groups is 2. The summed E-state index contributed by atoms with van der Waals surface area (Å²) in [6, 6.07) is 7.03. The molecule has 0 bridgehead atoms. The lowest BCUT2D eigenvalue weighted by molar-refractivity contribution is 0.0685. The van der Waals surface area contributed by atoms with Crippen molar-refractivity contribution in [2.45, 2.75) is 26.2 Å². The molecule has 1 aromatic carbocycles. The van der Waals surface area contributed by atoms with Crippen molar-refractivity contribution in [2.75, 3.05) is 5.32 Å². The molecule has 2 aromatic heterocycles. The molecule has 0 aliphatic carbocycles. The molecule has 0 aliphatic heterocycles. The van der Waals surface area contributed by atoms with Crippen LogP contribution < -0.4 is 5.32 Å². The number of carboxylic acids is 1. The number of anilines is 1. The number of aromatic carboxylic acids is 1. The molecule has 9 nitrogen and oxygen atoms in total. The topological polar surface area (TPSA) is 131 Å². The Morgan fingerprint density at radius 2 is 1.78 bits per heavy atom. The van der Waals surface area contributed by atoms with Crippen molar-refractivity contribution in [1.29, 1.82) is 0 Å². The summed E-state index contributed by atoms with van der Waals surface area (Å²) in [6.45, 7) is 3.95. The van der Waals surface area contributed by atoms with Gasteiger partial charge in [0.2, 0.25) is 5.89 Å². The maximum Gasteiger partial charge on any atom is 0.356 e. The summed E-state index contributed by atoms with van der Waals surface area (Å²) in [5, 5.41) is 15.6. The second kappa shape index (κ2) is 7.73. The van der Waals surface area contributed by atoms with Gasteiger partial charge < -0.3 is 14.9 Å². The maximum absolute atomic E-state index is 12.3. The van der Waals surface area contributed by atoms with Crippen LogP contribution in [0, 0.1) is 0 Å². The molecule has 2 N–H and O–H groups in total. The highest BCUT2D eigenvalue weighted by Gasteiger charge is 2.19. The summed E-state index contributed by atoms with van der Waals surface area (Å²) in [7, 11) is 0. The summed E-state index contributed by atoms with van der Waals surface area (Å²) in [6.07, 6.45) is 2.98. The summed E-state index contributed by atoms with van der Waals surface area (Å²) in [4.78, 5) is 35.2. The van der Waals surface area contributed by atoms with Gasteiger partial charge in [0.1, 0.15) is 0 Å². The molecule has 3 rings (SSSR count). The predicted octanol–water partition coefficient (Wildman–Crippen LogP) is 2.52. The van der Waals surface area contributed by atoms with E-state index in [2.05, 4.69) is 25.4 Å². The molecule has 9 heteroatoms. The van der Waals surface area contributed by atoms with E-state index in [1.165, 1.54) is 12.4 Å². The van der Waals surface area contributed by atoms with Crippen molar-refractivity contribution in [1.82, 2.24) is 20.1 Å². The standard InChI is InChI=1S/C18H17N5O4/c1-10(2)17-22-13(23-27-17)9-11-3-5-12(6-4-11)21-16(24)14-15(18(25)26)20-8-7-19-14/h3-8,10H,9H2,1-2H3,(H,21,24)(H,25,26). The zero-order valence-corrected chi connectivity index (χ0v) is 14.7. The van der Waals surface area contributed by atoms with E-state index in [-0.39, 0.29) is 11.6 Å². The molecule has 0 saturated carbocycles. The van der Waals surface area contributed by atoms with E-state index in [4.69, 9.17) is 9.63 Å². The summed E-state index contributed by atoms with van der Waals surface area (Å²) in [5.41, 5.74) is 0.795. The molecule has 0 saturated heterocycles. The Morgan fingerprint density at radius 1 is 1.11 bits per heavy atom. The van der Waals surface area contributed by atoms with Gasteiger partial charge in [0.05, 0.1) is 0 Å². The van der Waals surface area contributed by atoms with Crippen LogP contribution >= 0.6 is 0 Å². The van der Waals surface area contributed by atoms with Gasteiger partial charge in [-0.25, -0.2) is 14.8 Å². The van der Waals surface area contributed by atoms with Gasteiger partial charge in [-0.15, -0.1) is 0 Å². The van der Waals surface area contributed by atoms with Gasteiger partial charge in [-0.2, -0.15) is 4.98 Å². The number of nitrogens with one attached hydrogen (secondary N) is 1. The van der Waals surface area contributed by atoms with Crippen LogP contribution in [0.4, 0.5) is 5.69 Å². The first-order valence-corrected chi connectivity index (χ1v) is 8.21. The molecule has 3 aromatic rings. The molecular weight excluding hydrogens is 350 g/mol. The number of hydrogen-bond donors (Lipinski definition) is 2. The highest BCUT2D eigenvalue weighted by atomic mass is 16.5. The van der Waals surface area contributed by atoms with Crippen LogP contribution in [0.25, 0.3) is 0 Å². The first kappa shape index (κ1) is 18.2. The number of aromatic nitrogens is 4. The summed E-state index contributed by atoms with van der Waals surface area (Å²) < 4.78 is 5.18. The highest BCUT2D eigenvalue weighted by molar-refractivity contribution is 6.08. The van der Waals surface area contributed by atoms with Crippen LogP contribution in [0.15, 0.2) is 41.2 Å². The summed E-state index contributed by atoms with van der Waals surface area (Å²) in [5.74, 6) is -0.619. The molecule has 0 aliphatic rings. The number of hydrogen-bond acceptors (Lipinski definition) is 7. The van der Waals surface area contributed by atoms with Crippen molar-refractivity contribution in [2.24, 2.45) is 0 Å². The molecule has 0 atom stereocenters. The minimum Gasteiger partial charge on any atom is -0.476 e. The van der Waals surface area contributed by atoms with E-state index in [1.807, 2.05) is 26.0 Å². The van der Waals surface area contributed by atoms with E-state index in [0.717, 1.165) is 5.56 Å². The van der Waals surface area contributed by atoms with Crippen molar-refractivity contribution in [3.05, 3.63) is 65.3 Å². The molecule has 1 amide bonds. The van der Waals surface area contributed by atoms with Crippen LogP contribution in [0.1, 0.15) is 58.0 Å². The number of carbonyl (C=O) groups excluding carboxylic acids is 1. The number of amides is 1. The van der Waals surface area contributed by atoms with Crippen molar-refractivity contribution < 1.29 is 19.2 Å². The Kier molecular flexibility index (Phi) is 5.20. The number of carboxylic acid groups (broad SMARTS) is 1. The fourth-order valence-electron chi connectivity index (χ4n) is 2.31. The van der Waals surface area contributed by atoms with Crippen LogP contribution in [0.3, 0.4) is 0 Å². The van der Waals surface area contributed by atoms with Gasteiger partial charge in [-0.3, -0.25) is 4.79 Å². The molecule has 27 heavy (non-hydrogen) atoms. The minimum atomic E-state index is -1.32. The Balaban J connectivity index is 1.68. The van der Waals surface area contributed by atoms with E-state index in [1.54, 1.807) is 12.1 Å². The average molecular weight is 367 g/mol. The normalized spacial score (nSPS) is 10.8. The Hall–Kier alpha value is -3.62. The third kappa shape index (κ3) is 4.32. The van der Waals surface area contributed by atoms with Gasteiger partial charge in [0.15, 0.2) is 17.2 Å². The zero-order chi connectivity index (χ0) is 19.4. The maximum atomic E-state index is 12.3. The van der Waals surface area contributed by atoms with Gasteiger partial charge in [-0.05, 0) is 17.7 Å². The van der Waals surface area contributed by atoms with E-state index in [0.29, 0.717) is 23.8 Å². The first-order chi connectivity index (χ1) is 12.9. The third-order valence-electron chi connectivity index (χ3n) is 3.67. The monoisotopic (exact) mass is 367 g/mol. The molecule has 138 valence electrons. The van der Waals surface area contributed by atoms with Gasteiger partial charge in [-0.1, -0.05) is 31.1 Å². The lowest BCUT2D eigenvalue weighted by atomic mass is 10.1. The Bertz CT molecular complexity index is 966. The molecule has 0 spiro atoms. The van der Waals surface area contributed by atoms with Gasteiger partial charge in [0.25, 0.3) is 5.91 Å². The smallest absolute Gasteiger partial charge is 0.356 e. The van der Waals surface area contributed by atoms with Crippen molar-refractivity contribution >= 4 is 17.6 Å². The number of benzene rings is 1. The zero-order valence-electron chi connectivity index (χ0n) is 14.7. The third-order valence-corrected chi connectivity index (χ3v) is 3.67. The van der Waals surface area contributed by atoms with E-state index >= 15 is 0 Å². The fourth-order valence-corrected chi connectivity index (χ4v) is 2.31. The van der Waals surface area contributed by atoms with Crippen LogP contribution in [0.5, 0.6) is 0 Å². The molecule has 0 radical (unpaired) electrons. The number of nitrogens with zero attached hydrogens (tertiary/aromatic N) is 4. The second-order valence-corrected chi connectivity index (χ2v) is 6.09. The molecule has 2 heterocycles. The Labute approximate surface area is 154 Å². The Morgan fingerprint density at radius 3 is 2.37 bits per heavy atom. The van der Waals surface area contributed by atoms with Gasteiger partial charge >= 0.3 is 5.97 Å². The van der Waals surface area contributed by atoms with Crippen molar-refractivity contribution in [3.63, 3.8) is 0 Å². The van der Waals surface area contributed by atoms with Crippen molar-refractivity contribution in [3.8, 4) is 0 Å².